The van der Waals surface area contributed by atoms with E-state index in [0.717, 1.165) is 12.8 Å². The van der Waals surface area contributed by atoms with Crippen LogP contribution < -0.4 is 0 Å². The van der Waals surface area contributed by atoms with Crippen molar-refractivity contribution < 1.29 is 0 Å². The van der Waals surface area contributed by atoms with E-state index in [4.69, 9.17) is 0 Å². The number of rotatable bonds is 13. The first-order valence-electron chi connectivity index (χ1n) is 14.5. The Morgan fingerprint density at radius 3 is 2.19 bits per heavy atom. The first kappa shape index (κ1) is 26.7. The maximum Gasteiger partial charge on any atom is 0.270 e. The molecule has 2 heteroatoms. The van der Waals surface area contributed by atoms with Crippen LogP contribution in [0.2, 0.25) is 0 Å². The zero-order valence-corrected chi connectivity index (χ0v) is 23.3. The highest BCUT2D eigenvalue weighted by molar-refractivity contribution is 6.79. The Bertz CT molecular complexity index is 1080. The van der Waals surface area contributed by atoms with Gasteiger partial charge in [0.15, 0.2) is 0 Å². The van der Waals surface area contributed by atoms with Crippen LogP contribution in [0.25, 0.3) is 11.0 Å². The largest absolute Gasteiger partial charge is 0.333 e. The van der Waals surface area contributed by atoms with E-state index in [-0.39, 0.29) is 0 Å². The molecule has 0 saturated heterocycles. The lowest BCUT2D eigenvalue weighted by Crippen LogP contribution is -2.51. The second kappa shape index (κ2) is 12.3. The van der Waals surface area contributed by atoms with Crippen LogP contribution in [0.4, 0.5) is 0 Å². The van der Waals surface area contributed by atoms with Gasteiger partial charge in [0.05, 0.1) is 0 Å². The van der Waals surface area contributed by atoms with Gasteiger partial charge in [0.2, 0.25) is 0 Å². The topological polar surface area (TPSA) is 3.24 Å². The maximum atomic E-state index is 4.00. The molecule has 0 fully saturated rings. The van der Waals surface area contributed by atoms with Crippen LogP contribution in [-0.2, 0) is 0 Å². The van der Waals surface area contributed by atoms with E-state index in [1.807, 2.05) is 0 Å². The summed E-state index contributed by atoms with van der Waals surface area (Å²) in [6.45, 7) is 16.1. The summed E-state index contributed by atoms with van der Waals surface area (Å²) in [4.78, 5) is 2.77. The fourth-order valence-corrected chi connectivity index (χ4v) is 6.75. The molecule has 0 bridgehead atoms. The summed E-state index contributed by atoms with van der Waals surface area (Å²) in [7, 11) is 0. The van der Waals surface area contributed by atoms with E-state index < -0.39 is 0 Å². The average Bonchev–Trinajstić information content (AvgIpc) is 3.42. The van der Waals surface area contributed by atoms with Crippen LogP contribution >= 0.6 is 0 Å². The summed E-state index contributed by atoms with van der Waals surface area (Å²) in [6, 6.07) is 19.3. The van der Waals surface area contributed by atoms with Crippen molar-refractivity contribution in [2.45, 2.75) is 103 Å². The summed E-state index contributed by atoms with van der Waals surface area (Å²) >= 11 is 0. The van der Waals surface area contributed by atoms with E-state index in [1.54, 1.807) is 5.57 Å². The Balaban J connectivity index is 1.81. The highest BCUT2D eigenvalue weighted by Crippen LogP contribution is 2.48. The Morgan fingerprint density at radius 1 is 0.861 bits per heavy atom. The zero-order valence-electron chi connectivity index (χ0n) is 23.3. The molecule has 0 radical (unpaired) electrons. The highest BCUT2D eigenvalue weighted by atomic mass is 15.1. The monoisotopic (exact) mass is 479 g/mol. The minimum absolute atomic E-state index is 0.328. The van der Waals surface area contributed by atoms with Gasteiger partial charge in [-0.2, -0.15) is 0 Å². The third-order valence-electron chi connectivity index (χ3n) is 8.25. The molecule has 0 saturated carbocycles. The molecule has 0 amide bonds. The van der Waals surface area contributed by atoms with Crippen molar-refractivity contribution in [2.75, 3.05) is 0 Å². The molecule has 190 valence electrons. The molecule has 2 aromatic rings. The van der Waals surface area contributed by atoms with Crippen LogP contribution in [0, 0.1) is 0 Å². The van der Waals surface area contributed by atoms with E-state index in [0.29, 0.717) is 30.7 Å². The minimum atomic E-state index is 0.328. The molecule has 4 rings (SSSR count). The molecule has 0 aromatic heterocycles. The number of hydrogen-bond acceptors (Lipinski definition) is 1. The third kappa shape index (κ3) is 5.49. The summed E-state index contributed by atoms with van der Waals surface area (Å²) in [6.07, 6.45) is 16.0. The molecule has 0 heterocycles. The van der Waals surface area contributed by atoms with E-state index in [9.17, 15) is 0 Å². The fourth-order valence-electron chi connectivity index (χ4n) is 6.75. The lowest BCUT2D eigenvalue weighted by molar-refractivity contribution is 0.304. The molecular weight excluding hydrogens is 433 g/mol. The molecule has 0 aliphatic heterocycles. The van der Waals surface area contributed by atoms with Crippen molar-refractivity contribution in [1.29, 1.82) is 0 Å². The number of hydrogen-bond donors (Lipinski definition) is 0. The highest BCUT2D eigenvalue weighted by Gasteiger charge is 2.43. The van der Waals surface area contributed by atoms with Crippen LogP contribution in [0.1, 0.15) is 114 Å². The van der Waals surface area contributed by atoms with Gasteiger partial charge >= 0.3 is 0 Å². The number of nitrogens with zero attached hydrogens (tertiary/aromatic N) is 1. The van der Waals surface area contributed by atoms with E-state index in [2.05, 4.69) is 113 Å². The quantitative estimate of drug-likeness (QED) is 0.157. The van der Waals surface area contributed by atoms with Crippen molar-refractivity contribution in [3.8, 4) is 0 Å². The van der Waals surface area contributed by atoms with Gasteiger partial charge < -0.3 is 4.81 Å². The van der Waals surface area contributed by atoms with Crippen molar-refractivity contribution >= 4 is 17.9 Å². The normalized spacial score (nSPS) is 18.4. The van der Waals surface area contributed by atoms with Crippen molar-refractivity contribution in [3.63, 3.8) is 0 Å². The van der Waals surface area contributed by atoms with Crippen LogP contribution in [0.3, 0.4) is 0 Å². The van der Waals surface area contributed by atoms with E-state index >= 15 is 0 Å². The Labute approximate surface area is 221 Å². The SMILES string of the molecule is C=CCCC1C=C(B(C2C=C(CCCCCC)c3ccccc32)N(C(C)C)C(C)C)c2ccccc21. The molecule has 2 unspecified atom stereocenters. The predicted molar refractivity (Wildman–Crippen MR) is 160 cm³/mol. The number of unbranched alkanes of at least 4 members (excludes halogenated alkanes) is 3. The average molecular weight is 480 g/mol. The summed E-state index contributed by atoms with van der Waals surface area (Å²) in [5.74, 6) is 0.858. The van der Waals surface area contributed by atoms with E-state index in [1.165, 1.54) is 59.8 Å². The Hall–Kier alpha value is -2.32. The lowest BCUT2D eigenvalue weighted by atomic mass is 9.42. The molecule has 2 aliphatic carbocycles. The van der Waals surface area contributed by atoms with Crippen molar-refractivity contribution in [2.24, 2.45) is 0 Å². The second-order valence-corrected chi connectivity index (χ2v) is 11.4. The fraction of sp³-hybridized carbons (Fsp3) is 0.471. The lowest BCUT2D eigenvalue weighted by Gasteiger charge is -2.40. The molecular formula is C34H46BN. The first-order chi connectivity index (χ1) is 17.5. The maximum absolute atomic E-state index is 4.00. The van der Waals surface area contributed by atoms with Gasteiger partial charge in [0.25, 0.3) is 6.85 Å². The Kier molecular flexibility index (Phi) is 9.12. The molecule has 2 aromatic carbocycles. The second-order valence-electron chi connectivity index (χ2n) is 11.4. The van der Waals surface area contributed by atoms with Crippen LogP contribution in [-0.4, -0.2) is 23.7 Å². The molecule has 2 aliphatic rings. The standard InChI is InChI=1S/C34H46BN/c1-7-9-11-12-18-28-24-34(32-22-16-14-20-30(28)32)35(36(25(3)4)26(5)6)33-23-27(17-10-8-2)29-19-13-15-21-31(29)33/h8,13-16,19-27,34H,2,7,9-12,17-18H2,1,3-6H3. The molecule has 0 spiro atoms. The smallest absolute Gasteiger partial charge is 0.270 e. The molecule has 0 N–H and O–H groups in total. The summed E-state index contributed by atoms with van der Waals surface area (Å²) in [5.41, 5.74) is 9.08. The van der Waals surface area contributed by atoms with Gasteiger partial charge in [-0.05, 0) is 65.6 Å². The van der Waals surface area contributed by atoms with Gasteiger partial charge in [-0.1, -0.05) is 126 Å². The van der Waals surface area contributed by atoms with Crippen LogP contribution in [0.5, 0.6) is 0 Å². The van der Waals surface area contributed by atoms with Crippen LogP contribution in [0.15, 0.2) is 73.3 Å². The van der Waals surface area contributed by atoms with Gasteiger partial charge in [0, 0.05) is 11.7 Å². The van der Waals surface area contributed by atoms with Gasteiger partial charge in [-0.3, -0.25) is 0 Å². The van der Waals surface area contributed by atoms with Gasteiger partial charge in [-0.15, -0.1) is 6.58 Å². The van der Waals surface area contributed by atoms with Crippen molar-refractivity contribution in [1.82, 2.24) is 4.81 Å². The molecule has 1 nitrogen and oxygen atoms in total. The number of fused-ring (bicyclic) bond motifs is 2. The third-order valence-corrected chi connectivity index (χ3v) is 8.25. The number of allylic oxidation sites excluding steroid dienone is 4. The minimum Gasteiger partial charge on any atom is -0.333 e. The summed E-state index contributed by atoms with van der Waals surface area (Å²) < 4.78 is 0. The summed E-state index contributed by atoms with van der Waals surface area (Å²) in [5, 5.41) is 0. The van der Waals surface area contributed by atoms with Crippen molar-refractivity contribution in [3.05, 3.63) is 95.6 Å². The zero-order chi connectivity index (χ0) is 25.7. The van der Waals surface area contributed by atoms with Gasteiger partial charge in [0.1, 0.15) is 0 Å². The Morgan fingerprint density at radius 2 is 1.53 bits per heavy atom. The first-order valence-corrected chi connectivity index (χ1v) is 14.5. The van der Waals surface area contributed by atoms with Gasteiger partial charge in [-0.25, -0.2) is 0 Å². The molecule has 36 heavy (non-hydrogen) atoms. The molecule has 2 atom stereocenters. The predicted octanol–water partition coefficient (Wildman–Crippen LogP) is 9.47. The number of benzene rings is 2.